The van der Waals surface area contributed by atoms with Crippen LogP contribution >= 0.6 is 11.3 Å². The lowest BCUT2D eigenvalue weighted by Crippen LogP contribution is -2.16. The van der Waals surface area contributed by atoms with E-state index in [4.69, 9.17) is 0 Å². The largest absolute Gasteiger partial charge is 0.306 e. The van der Waals surface area contributed by atoms with Crippen LogP contribution in [0.3, 0.4) is 0 Å². The summed E-state index contributed by atoms with van der Waals surface area (Å²) in [6.45, 7) is 0. The van der Waals surface area contributed by atoms with Crippen LogP contribution in [0.1, 0.15) is 11.1 Å². The zero-order valence-electron chi connectivity index (χ0n) is 44.3. The summed E-state index contributed by atoms with van der Waals surface area (Å²) in [5.74, 6) is 0. The Hall–Kier alpha value is -11.2. The van der Waals surface area contributed by atoms with Gasteiger partial charge >= 0.3 is 0 Å². The highest BCUT2D eigenvalue weighted by Gasteiger charge is 2.35. The maximum Gasteiger partial charge on any atom is 0.104 e. The lowest BCUT2D eigenvalue weighted by Gasteiger charge is -2.27. The van der Waals surface area contributed by atoms with Crippen LogP contribution in [0.5, 0.6) is 0 Å². The topological polar surface area (TPSA) is 67.3 Å². The predicted molar refractivity (Wildman–Crippen MR) is 347 cm³/mol. The van der Waals surface area contributed by atoms with Crippen molar-refractivity contribution in [1.82, 2.24) is 18.3 Å². The Morgan fingerprint density at radius 2 is 0.675 bits per heavy atom. The van der Waals surface area contributed by atoms with E-state index in [0.29, 0.717) is 33.9 Å². The third-order valence-electron chi connectivity index (χ3n) is 17.6. The smallest absolute Gasteiger partial charge is 0.104 e. The van der Waals surface area contributed by atoms with Gasteiger partial charge < -0.3 is 18.3 Å². The first-order valence-electron chi connectivity index (χ1n) is 28.0. The van der Waals surface area contributed by atoms with Crippen molar-refractivity contribution in [3.8, 4) is 46.0 Å². The summed E-state index contributed by atoms with van der Waals surface area (Å²) in [6.07, 6.45) is 0. The van der Waals surface area contributed by atoms with Crippen LogP contribution in [0, 0.1) is 22.7 Å². The highest BCUT2D eigenvalue weighted by Crippen LogP contribution is 2.51. The first-order chi connectivity index (χ1) is 41.2. The summed E-state index contributed by atoms with van der Waals surface area (Å²) < 4.78 is 11.5. The SMILES string of the molecule is N#Cc1c(-n2c3ccccc3c3ccccc32)c(-n2c3ccccc3c3ccccc32)c(C#N)c(-n2c3cc(-c4cccc5ccc6ccccc6c45)ccc3c3ccc4c5ccccc5sc4c32)c1-n1c2ccccc2c2ccccc21. The maximum atomic E-state index is 13.0. The Morgan fingerprint density at radius 3 is 1.18 bits per heavy atom. The van der Waals surface area contributed by atoms with Gasteiger partial charge in [0.15, 0.2) is 0 Å². The van der Waals surface area contributed by atoms with Gasteiger partial charge in [-0.3, -0.25) is 0 Å². The van der Waals surface area contributed by atoms with E-state index in [1.54, 1.807) is 11.3 Å². The fraction of sp³-hybridized carbons (Fsp3) is 0. The number of rotatable bonds is 5. The number of para-hydroxylation sites is 6. The molecule has 83 heavy (non-hydrogen) atoms. The van der Waals surface area contributed by atoms with E-state index < -0.39 is 0 Å². The van der Waals surface area contributed by atoms with E-state index in [1.165, 1.54) is 26.2 Å². The van der Waals surface area contributed by atoms with Crippen LogP contribution in [0.25, 0.3) is 163 Å². The summed E-state index contributed by atoms with van der Waals surface area (Å²) >= 11 is 1.78. The minimum Gasteiger partial charge on any atom is -0.306 e. The van der Waals surface area contributed by atoms with Gasteiger partial charge in [-0.2, -0.15) is 10.5 Å². The van der Waals surface area contributed by atoms with Crippen molar-refractivity contribution in [2.45, 2.75) is 0 Å². The minimum atomic E-state index is 0.419. The summed E-state index contributed by atoms with van der Waals surface area (Å²) in [5, 5.41) is 41.3. The van der Waals surface area contributed by atoms with Crippen molar-refractivity contribution in [1.29, 1.82) is 10.5 Å². The molecule has 5 heterocycles. The molecule has 18 rings (SSSR count). The molecule has 0 bridgehead atoms. The van der Waals surface area contributed by atoms with Crippen molar-refractivity contribution in [3.05, 3.63) is 266 Å². The second-order valence-electron chi connectivity index (χ2n) is 21.7. The number of nitriles is 2. The van der Waals surface area contributed by atoms with Gasteiger partial charge in [-0.15, -0.1) is 11.3 Å². The van der Waals surface area contributed by atoms with Crippen molar-refractivity contribution in [2.75, 3.05) is 0 Å². The molecule has 0 unspecified atom stereocenters. The fourth-order valence-corrected chi connectivity index (χ4v) is 15.5. The van der Waals surface area contributed by atoms with E-state index in [-0.39, 0.29) is 0 Å². The van der Waals surface area contributed by atoms with E-state index in [2.05, 4.69) is 285 Å². The Labute approximate surface area is 478 Å². The van der Waals surface area contributed by atoms with E-state index >= 15 is 0 Å². The van der Waals surface area contributed by atoms with E-state index in [0.717, 1.165) is 114 Å². The Kier molecular flexibility index (Phi) is 9.42. The molecule has 0 radical (unpaired) electrons. The number of thiophene rings is 1. The molecule has 13 aromatic carbocycles. The van der Waals surface area contributed by atoms with Crippen LogP contribution < -0.4 is 0 Å². The van der Waals surface area contributed by atoms with Gasteiger partial charge in [0.05, 0.1) is 71.6 Å². The molecule has 0 amide bonds. The maximum absolute atomic E-state index is 13.0. The van der Waals surface area contributed by atoms with E-state index in [9.17, 15) is 10.5 Å². The molecule has 0 aliphatic carbocycles. The number of hydrogen-bond donors (Lipinski definition) is 0. The van der Waals surface area contributed by atoms with Gasteiger partial charge in [-0.25, -0.2) is 0 Å². The van der Waals surface area contributed by atoms with Crippen LogP contribution in [0.2, 0.25) is 0 Å². The average molecular weight is 1070 g/mol. The number of aromatic nitrogens is 4. The predicted octanol–water partition coefficient (Wildman–Crippen LogP) is 20.2. The van der Waals surface area contributed by atoms with Crippen molar-refractivity contribution in [2.24, 2.45) is 0 Å². The van der Waals surface area contributed by atoms with Crippen LogP contribution in [0.4, 0.5) is 0 Å². The molecule has 0 saturated carbocycles. The number of nitrogens with zero attached hydrogens (tertiary/aromatic N) is 6. The molecular weight excluding hydrogens is 1030 g/mol. The van der Waals surface area contributed by atoms with Gasteiger partial charge in [0.1, 0.15) is 23.3 Å². The quantitative estimate of drug-likeness (QED) is 0.161. The van der Waals surface area contributed by atoms with Crippen molar-refractivity contribution in [3.63, 3.8) is 0 Å². The number of benzene rings is 13. The zero-order chi connectivity index (χ0) is 54.6. The van der Waals surface area contributed by atoms with Crippen LogP contribution in [-0.4, -0.2) is 18.3 Å². The molecule has 5 aromatic heterocycles. The highest BCUT2D eigenvalue weighted by atomic mass is 32.1. The first kappa shape index (κ1) is 45.6. The molecule has 0 aliphatic rings. The van der Waals surface area contributed by atoms with Crippen molar-refractivity contribution < 1.29 is 0 Å². The Morgan fingerprint density at radius 1 is 0.289 bits per heavy atom. The molecule has 0 saturated heterocycles. The Balaban J connectivity index is 1.14. The Bertz CT molecular complexity index is 5820. The van der Waals surface area contributed by atoms with Gasteiger partial charge in [0.25, 0.3) is 0 Å². The molecule has 7 heteroatoms. The molecule has 0 aliphatic heterocycles. The van der Waals surface area contributed by atoms with Gasteiger partial charge in [0, 0.05) is 58.6 Å². The number of hydrogen-bond acceptors (Lipinski definition) is 3. The molecule has 18 aromatic rings. The lowest BCUT2D eigenvalue weighted by molar-refractivity contribution is 1.03. The molecule has 0 fully saturated rings. The lowest BCUT2D eigenvalue weighted by atomic mass is 9.93. The van der Waals surface area contributed by atoms with Crippen LogP contribution in [0.15, 0.2) is 255 Å². The first-order valence-corrected chi connectivity index (χ1v) is 28.8. The zero-order valence-corrected chi connectivity index (χ0v) is 45.2. The van der Waals surface area contributed by atoms with Crippen LogP contribution in [-0.2, 0) is 0 Å². The van der Waals surface area contributed by atoms with Gasteiger partial charge in [-0.1, -0.05) is 206 Å². The minimum absolute atomic E-state index is 0.419. The highest BCUT2D eigenvalue weighted by molar-refractivity contribution is 7.26. The fourth-order valence-electron chi connectivity index (χ4n) is 14.2. The normalized spacial score (nSPS) is 12.1. The summed E-state index contributed by atoms with van der Waals surface area (Å²) in [6, 6.07) is 96.7. The van der Waals surface area contributed by atoms with Gasteiger partial charge in [-0.05, 0) is 81.2 Å². The molecule has 0 spiro atoms. The average Bonchev–Trinajstić information content (AvgIpc) is 3.68. The molecule has 382 valence electrons. The third kappa shape index (κ3) is 6.13. The molecular formula is C76H42N6S. The second-order valence-corrected chi connectivity index (χ2v) is 22.7. The number of fused-ring (bicyclic) bond motifs is 19. The second kappa shape index (κ2) is 17.1. The summed E-state index contributed by atoms with van der Waals surface area (Å²) in [7, 11) is 0. The third-order valence-corrected chi connectivity index (χ3v) is 18.8. The van der Waals surface area contributed by atoms with Gasteiger partial charge in [0.2, 0.25) is 0 Å². The standard InChI is InChI=1S/C76H42N6S/c77-43-60-71(79-62-29-10-3-21-50(62)51-22-4-11-30-63(51)79)72(80-64-31-12-5-23-52(64)53-24-6-13-32-65(53)80)61(44-78)74(73(60)81-66-33-14-7-25-54(66)55-26-8-15-34-67(55)81)82-68-42-47(49-28-17-19-46-37-36-45-18-1-2-20-48(45)70(46)49)38-39-56(68)58-40-41-59-57-27-9-16-35-69(57)83-76(59)75(58)82/h1-42H. The summed E-state index contributed by atoms with van der Waals surface area (Å²) in [5.41, 5.74) is 12.9. The molecule has 0 N–H and O–H groups in total. The summed E-state index contributed by atoms with van der Waals surface area (Å²) in [4.78, 5) is 0. The monoisotopic (exact) mass is 1070 g/mol. The van der Waals surface area contributed by atoms with Crippen molar-refractivity contribution >= 4 is 140 Å². The van der Waals surface area contributed by atoms with E-state index in [1.807, 2.05) is 0 Å². The molecule has 6 nitrogen and oxygen atoms in total. The molecule has 0 atom stereocenters.